The van der Waals surface area contributed by atoms with Crippen molar-refractivity contribution in [3.8, 4) is 0 Å². The van der Waals surface area contributed by atoms with Crippen LogP contribution in [0.2, 0.25) is 0 Å². The standard InChI is InChI=1S/C10H14N.Li/c1-4-9-7-5-6-8-10(9)11(2)3;/h4-8H,1-3H3;/q-1;+1. The summed E-state index contributed by atoms with van der Waals surface area (Å²) in [5.41, 5.74) is 2.56. The third-order valence-corrected chi connectivity index (χ3v) is 1.73. The van der Waals surface area contributed by atoms with Gasteiger partial charge in [-0.1, -0.05) is 24.7 Å². The summed E-state index contributed by atoms with van der Waals surface area (Å²) in [6, 6.07) is 8.36. The molecule has 0 amide bonds. The molecule has 1 aromatic carbocycles. The van der Waals surface area contributed by atoms with Gasteiger partial charge in [-0.25, -0.2) is 0 Å². The second-order valence-electron chi connectivity index (χ2n) is 2.74. The van der Waals surface area contributed by atoms with Crippen LogP contribution < -0.4 is 23.8 Å². The third-order valence-electron chi connectivity index (χ3n) is 1.73. The first-order valence-corrected chi connectivity index (χ1v) is 3.81. The van der Waals surface area contributed by atoms with Crippen molar-refractivity contribution < 1.29 is 18.9 Å². The SMILES string of the molecule is C[CH-]c1ccccc1N(C)C.[Li+]. The van der Waals surface area contributed by atoms with E-state index in [1.165, 1.54) is 11.3 Å². The summed E-state index contributed by atoms with van der Waals surface area (Å²) in [6.45, 7) is 2.06. The Balaban J connectivity index is 0.00000121. The molecule has 0 atom stereocenters. The molecule has 0 aliphatic rings. The number of anilines is 1. The van der Waals surface area contributed by atoms with Gasteiger partial charge in [0.15, 0.2) is 0 Å². The average molecular weight is 155 g/mol. The molecular formula is C10H14LiN. The van der Waals surface area contributed by atoms with Crippen LogP contribution in [0.1, 0.15) is 12.5 Å². The predicted octanol–water partition coefficient (Wildman–Crippen LogP) is -0.671. The molecular weight excluding hydrogens is 141 g/mol. The fraction of sp³-hybridized carbons (Fsp3) is 0.300. The Kier molecular flexibility index (Phi) is 4.97. The van der Waals surface area contributed by atoms with E-state index in [4.69, 9.17) is 0 Å². The first kappa shape index (κ1) is 11.5. The van der Waals surface area contributed by atoms with Crippen LogP contribution in [-0.2, 0) is 0 Å². The van der Waals surface area contributed by atoms with Crippen LogP contribution in [0.25, 0.3) is 0 Å². The molecule has 0 unspecified atom stereocenters. The number of rotatable bonds is 2. The smallest absolute Gasteiger partial charge is 0.428 e. The molecule has 0 saturated carbocycles. The first-order chi connectivity index (χ1) is 5.25. The van der Waals surface area contributed by atoms with E-state index < -0.39 is 0 Å². The molecule has 0 heterocycles. The molecule has 1 aromatic rings. The van der Waals surface area contributed by atoms with Gasteiger partial charge in [-0.2, -0.15) is 18.1 Å². The first-order valence-electron chi connectivity index (χ1n) is 3.81. The number of hydrogen-bond donors (Lipinski definition) is 0. The molecule has 0 spiro atoms. The van der Waals surface area contributed by atoms with Crippen molar-refractivity contribution in [3.63, 3.8) is 0 Å². The Morgan fingerprint density at radius 1 is 1.17 bits per heavy atom. The monoisotopic (exact) mass is 155 g/mol. The molecule has 60 valence electrons. The summed E-state index contributed by atoms with van der Waals surface area (Å²) in [4.78, 5) is 2.12. The maximum atomic E-state index is 2.12. The Morgan fingerprint density at radius 3 is 2.17 bits per heavy atom. The second kappa shape index (κ2) is 5.19. The van der Waals surface area contributed by atoms with Crippen LogP contribution in [-0.4, -0.2) is 14.1 Å². The van der Waals surface area contributed by atoms with Crippen molar-refractivity contribution in [2.45, 2.75) is 6.92 Å². The van der Waals surface area contributed by atoms with Gasteiger partial charge in [0.05, 0.1) is 0 Å². The quantitative estimate of drug-likeness (QED) is 0.404. The van der Waals surface area contributed by atoms with Crippen LogP contribution in [0.3, 0.4) is 0 Å². The van der Waals surface area contributed by atoms with Crippen molar-refractivity contribution in [2.24, 2.45) is 0 Å². The average Bonchev–Trinajstić information content (AvgIpc) is 2.04. The summed E-state index contributed by atoms with van der Waals surface area (Å²) < 4.78 is 0. The Hall–Kier alpha value is -0.513. The Morgan fingerprint density at radius 2 is 1.75 bits per heavy atom. The van der Waals surface area contributed by atoms with Crippen LogP contribution in [0, 0.1) is 6.42 Å². The summed E-state index contributed by atoms with van der Waals surface area (Å²) in [6.07, 6.45) is 2.12. The summed E-state index contributed by atoms with van der Waals surface area (Å²) in [5.74, 6) is 0. The number of hydrogen-bond acceptors (Lipinski definition) is 1. The molecule has 0 fully saturated rings. The molecule has 0 radical (unpaired) electrons. The zero-order chi connectivity index (χ0) is 8.27. The second-order valence-corrected chi connectivity index (χ2v) is 2.74. The van der Waals surface area contributed by atoms with Crippen molar-refractivity contribution >= 4 is 5.69 Å². The Labute approximate surface area is 86.9 Å². The molecule has 0 aliphatic carbocycles. The molecule has 2 heteroatoms. The van der Waals surface area contributed by atoms with Crippen molar-refractivity contribution in [2.75, 3.05) is 19.0 Å². The van der Waals surface area contributed by atoms with Gasteiger partial charge in [0.2, 0.25) is 0 Å². The van der Waals surface area contributed by atoms with E-state index in [2.05, 4.69) is 56.6 Å². The molecule has 0 aliphatic heterocycles. The number of benzene rings is 1. The minimum atomic E-state index is 0. The van der Waals surface area contributed by atoms with E-state index in [0.717, 1.165) is 0 Å². The minimum absolute atomic E-state index is 0. The summed E-state index contributed by atoms with van der Waals surface area (Å²) in [7, 11) is 4.12. The largest absolute Gasteiger partial charge is 1.00 e. The Bertz CT molecular complexity index is 233. The van der Waals surface area contributed by atoms with Crippen LogP contribution in [0.15, 0.2) is 24.3 Å². The van der Waals surface area contributed by atoms with Crippen LogP contribution >= 0.6 is 0 Å². The van der Waals surface area contributed by atoms with E-state index >= 15 is 0 Å². The van der Waals surface area contributed by atoms with Gasteiger partial charge in [0.1, 0.15) is 0 Å². The minimum Gasteiger partial charge on any atom is -0.428 e. The van der Waals surface area contributed by atoms with Gasteiger partial charge in [0.25, 0.3) is 0 Å². The predicted molar refractivity (Wildman–Crippen MR) is 49.8 cm³/mol. The topological polar surface area (TPSA) is 3.24 Å². The van der Waals surface area contributed by atoms with Gasteiger partial charge in [0, 0.05) is 0 Å². The molecule has 1 nitrogen and oxygen atoms in total. The molecule has 1 rings (SSSR count). The van der Waals surface area contributed by atoms with Gasteiger partial charge in [-0.15, -0.1) is 6.07 Å². The molecule has 12 heavy (non-hydrogen) atoms. The third kappa shape index (κ3) is 2.51. The van der Waals surface area contributed by atoms with E-state index in [1.807, 2.05) is 0 Å². The zero-order valence-electron chi connectivity index (χ0n) is 8.33. The summed E-state index contributed by atoms with van der Waals surface area (Å²) >= 11 is 0. The van der Waals surface area contributed by atoms with E-state index in [9.17, 15) is 0 Å². The molecule has 0 aromatic heterocycles. The van der Waals surface area contributed by atoms with E-state index in [0.29, 0.717) is 0 Å². The molecule has 0 N–H and O–H groups in total. The van der Waals surface area contributed by atoms with Gasteiger partial charge >= 0.3 is 18.9 Å². The van der Waals surface area contributed by atoms with Gasteiger partial charge in [-0.3, -0.25) is 0 Å². The maximum absolute atomic E-state index is 2.12. The van der Waals surface area contributed by atoms with Crippen LogP contribution in [0.5, 0.6) is 0 Å². The maximum Gasteiger partial charge on any atom is 1.00 e. The van der Waals surface area contributed by atoms with Gasteiger partial charge < -0.3 is 4.90 Å². The van der Waals surface area contributed by atoms with E-state index in [-0.39, 0.29) is 18.9 Å². The zero-order valence-corrected chi connectivity index (χ0v) is 8.33. The summed E-state index contributed by atoms with van der Waals surface area (Å²) in [5, 5.41) is 0. The fourth-order valence-corrected chi connectivity index (χ4v) is 1.14. The van der Waals surface area contributed by atoms with Crippen molar-refractivity contribution in [1.82, 2.24) is 0 Å². The number of para-hydroxylation sites is 1. The molecule has 0 bridgehead atoms. The van der Waals surface area contributed by atoms with Crippen molar-refractivity contribution in [3.05, 3.63) is 36.2 Å². The van der Waals surface area contributed by atoms with E-state index in [1.54, 1.807) is 0 Å². The molecule has 0 saturated heterocycles. The van der Waals surface area contributed by atoms with Crippen molar-refractivity contribution in [1.29, 1.82) is 0 Å². The van der Waals surface area contributed by atoms with Crippen LogP contribution in [0.4, 0.5) is 5.69 Å². The normalized spacial score (nSPS) is 8.58. The fourth-order valence-electron chi connectivity index (χ4n) is 1.14. The number of nitrogens with zero attached hydrogens (tertiary/aromatic N) is 1. The van der Waals surface area contributed by atoms with Gasteiger partial charge in [-0.05, 0) is 14.1 Å².